The average Bonchev–Trinajstić information content (AvgIpc) is 1.19. The molecule has 5 aliphatic rings. The van der Waals surface area contributed by atoms with E-state index in [1.165, 1.54) is 46.0 Å². The zero-order chi connectivity index (χ0) is 123. The van der Waals surface area contributed by atoms with E-state index in [9.17, 15) is 0 Å². The normalized spacial score (nSPS) is 23.7. The molecule has 0 amide bonds. The van der Waals surface area contributed by atoms with Crippen LogP contribution in [-0.4, -0.2) is 23.4 Å². The summed E-state index contributed by atoms with van der Waals surface area (Å²) < 4.78 is 247. The molecule has 10 heterocycles. The van der Waals surface area contributed by atoms with Crippen LogP contribution in [0.5, 0.6) is 0 Å². The van der Waals surface area contributed by atoms with Gasteiger partial charge in [0, 0.05) is 132 Å². The van der Waals surface area contributed by atoms with Crippen LogP contribution in [0.4, 0.5) is 0 Å². The highest BCUT2D eigenvalue weighted by molar-refractivity contribution is 5.86. The van der Waals surface area contributed by atoms with E-state index in [4.69, 9.17) is 37.0 Å². The van der Waals surface area contributed by atoms with Crippen LogP contribution in [0.3, 0.4) is 0 Å². The fraction of sp³-hybridized carbons (Fsp3) is 0.372. The van der Waals surface area contributed by atoms with Gasteiger partial charge < -0.3 is 0 Å². The maximum absolute atomic E-state index is 8.93. The number of nitrogens with zero attached hydrogens (tertiary/aromatic N) is 10. The lowest BCUT2D eigenvalue weighted by molar-refractivity contribution is -0.745. The monoisotopic (exact) mass is 1870 g/mol. The fourth-order valence-corrected chi connectivity index (χ4v) is 23.0. The van der Waals surface area contributed by atoms with Gasteiger partial charge in [0.25, 0.3) is 0 Å². The van der Waals surface area contributed by atoms with Gasteiger partial charge in [0.2, 0.25) is 22.8 Å². The highest BCUT2D eigenvalue weighted by atomic mass is 15.4. The number of hydrogen-bond donors (Lipinski definition) is 0. The summed E-state index contributed by atoms with van der Waals surface area (Å²) in [4.78, 5) is 0. The van der Waals surface area contributed by atoms with Gasteiger partial charge in [-0.2, -0.15) is 0 Å². The van der Waals surface area contributed by atoms with Gasteiger partial charge in [-0.25, -0.2) is 0 Å². The van der Waals surface area contributed by atoms with Crippen molar-refractivity contribution >= 4 is 0 Å². The van der Waals surface area contributed by atoms with Gasteiger partial charge in [0.05, 0.1) is 28.2 Å². The smallest absolute Gasteiger partial charge is 0.124 e. The van der Waals surface area contributed by atoms with Crippen LogP contribution in [0.1, 0.15) is 304 Å². The van der Waals surface area contributed by atoms with Crippen molar-refractivity contribution < 1.29 is 60.4 Å². The zero-order valence-corrected chi connectivity index (χ0v) is 86.6. The Morgan fingerprint density at radius 3 is 0.813 bits per heavy atom. The standard InChI is InChI=1S/2C31H35N2.2C25H31N2.C17H23N2/c2*1-20-17-21(2)19-24(18-20)28-26(23-14-10-9-11-15-23)29-31(6,7)30(4,5)25-16-12-13-22(3)27(25)33(29)32(28)8;2*1-16-12-17(2)14-19(13-16)21-15-22-25(6,7)24(4,5)20-11-9-10-18(3)23(20)27(22)26(21)8;1-12-8-7-9-13-15(12)19-14(10-11-18(19)6)17(4,5)16(13,2)3/h2*9-19H,1-8H3;2*9-15H,1-8H3;7-11H,1-6H3/q5*+1/i1D3,6D3;6D3;1D3,6D3;6D3;2D3,4D3,5D3. The molecule has 5 unspecified atom stereocenters. The number of aryl methyl sites for hydroxylation is 14. The molecule has 0 bridgehead atoms. The molecule has 0 saturated heterocycles. The largest absolute Gasteiger partial charge is 0.246 e. The summed E-state index contributed by atoms with van der Waals surface area (Å²) in [5.74, 6) is 0. The van der Waals surface area contributed by atoms with Crippen LogP contribution in [-0.2, 0) is 89.4 Å². The second kappa shape index (κ2) is 34.2. The molecule has 10 nitrogen and oxygen atoms in total. The molecule has 0 N–H and O–H groups in total. The molecule has 16 aromatic rings. The molecule has 0 radical (unpaired) electrons. The van der Waals surface area contributed by atoms with E-state index in [0.717, 1.165) is 163 Å². The van der Waals surface area contributed by atoms with Gasteiger partial charge in [-0.3, -0.25) is 0 Å². The van der Waals surface area contributed by atoms with Crippen LogP contribution < -0.4 is 23.4 Å². The fourth-order valence-electron chi connectivity index (χ4n) is 23.0. The Kier molecular flexibility index (Phi) is 17.0. The second-order valence-corrected chi connectivity index (χ2v) is 43.3. The summed E-state index contributed by atoms with van der Waals surface area (Å²) in [6.45, 7) is 24.8. The van der Waals surface area contributed by atoms with Crippen LogP contribution in [0, 0.1) is 89.9 Å². The first-order chi connectivity index (χ1) is 76.2. The van der Waals surface area contributed by atoms with E-state index >= 15 is 0 Å². The number of para-hydroxylation sites is 5. The van der Waals surface area contributed by atoms with Gasteiger partial charge >= 0.3 is 0 Å². The van der Waals surface area contributed by atoms with Gasteiger partial charge in [0.1, 0.15) is 39.8 Å². The predicted octanol–water partition coefficient (Wildman–Crippen LogP) is 28.4. The molecule has 5 atom stereocenters. The Bertz CT molecular complexity index is 8720. The topological polar surface area (TPSA) is 44.0 Å². The van der Waals surface area contributed by atoms with Gasteiger partial charge in [-0.05, 0) is 205 Å². The molecule has 10 heteroatoms. The van der Waals surface area contributed by atoms with Gasteiger partial charge in [-0.15, -0.1) is 46.8 Å². The van der Waals surface area contributed by atoms with Crippen molar-refractivity contribution in [2.24, 2.45) is 35.2 Å². The summed E-state index contributed by atoms with van der Waals surface area (Å²) in [7, 11) is 9.62. The molecular formula is C129H155N10+5. The number of fused-ring (bicyclic) bond motifs is 15. The number of rotatable bonds is 6. The lowest BCUT2D eigenvalue weighted by Crippen LogP contribution is -2.51. The lowest BCUT2D eigenvalue weighted by atomic mass is 9.59. The van der Waals surface area contributed by atoms with Crippen molar-refractivity contribution in [3.05, 3.63) is 377 Å². The molecule has 0 aliphatic carbocycles. The van der Waals surface area contributed by atoms with E-state index in [-0.39, 0.29) is 22.4 Å². The third kappa shape index (κ3) is 15.1. The highest BCUT2D eigenvalue weighted by Gasteiger charge is 2.58. The van der Waals surface area contributed by atoms with Crippen molar-refractivity contribution in [3.63, 3.8) is 0 Å². The molecular weight excluding hydrogens is 1690 g/mol. The summed E-state index contributed by atoms with van der Waals surface area (Å²) in [5.41, 5.74) is 23.0. The van der Waals surface area contributed by atoms with Crippen LogP contribution in [0.25, 0.3) is 95.7 Å². The SMILES string of the molecule is [2H]C([2H])([2H])C1(C)c2c(-c3ccccc3)c(-c3cc(C)cc(C)c3)[n+](C)n2-c2c(C)cccc2C1(C)C.[2H]C([2H])([2H])C1(C)c2cc(-c3cc(C)cc(C)c3)[n+](C)n2-c2c(C)cccc2C1(C)C.[2H]C([2H])([2H])C1(C)c2cccc(C)c2-n2c(cc[n+]2C)C1(C([2H])([2H])[2H])C([2H])([2H])[2H].[2H]C([2H])([2H])c1cc(C)cc(-c2c(-c3ccccc3)c3n([n+]2C)-c2c(C)cccc2C(C)(C)C3(C)C([2H])([2H])[2H])c1.[2H]C([2H])([2H])c1cc(C)cc(-c2cc3n([n+]2C)-c2c(C)cccc2C(C)(C)C3(C)C([2H])([2H])[2H])c1. The van der Waals surface area contributed by atoms with Crippen LogP contribution in [0.2, 0.25) is 0 Å². The molecule has 716 valence electrons. The number of benzene rings is 11. The Morgan fingerprint density at radius 2 is 0.496 bits per heavy atom. The van der Waals surface area contributed by atoms with Crippen LogP contribution in [0.15, 0.2) is 249 Å². The maximum atomic E-state index is 8.93. The minimum absolute atomic E-state index is 0.0459. The van der Waals surface area contributed by atoms with E-state index in [1.807, 2.05) is 221 Å². The Morgan fingerprint density at radius 1 is 0.223 bits per heavy atom. The molecule has 0 saturated carbocycles. The minimum Gasteiger partial charge on any atom is -0.124 e. The van der Waals surface area contributed by atoms with Gasteiger partial charge in [-0.1, -0.05) is 358 Å². The van der Waals surface area contributed by atoms with Crippen molar-refractivity contribution in [1.29, 1.82) is 0 Å². The highest BCUT2D eigenvalue weighted by Crippen LogP contribution is 2.59. The van der Waals surface area contributed by atoms with E-state index < -0.39 is 116 Å². The van der Waals surface area contributed by atoms with Crippen molar-refractivity contribution in [1.82, 2.24) is 23.4 Å². The van der Waals surface area contributed by atoms with Gasteiger partial charge in [0.15, 0.2) is 41.4 Å². The lowest BCUT2D eigenvalue weighted by Gasteiger charge is -2.46. The number of aromatic nitrogens is 10. The first-order valence-corrected chi connectivity index (χ1v) is 48.4. The predicted molar refractivity (Wildman–Crippen MR) is 579 cm³/mol. The third-order valence-electron chi connectivity index (χ3n) is 32.4. The van der Waals surface area contributed by atoms with Crippen molar-refractivity contribution in [2.45, 2.75) is 282 Å². The molecule has 5 aromatic heterocycles. The van der Waals surface area contributed by atoms with E-state index in [1.54, 1.807) is 61.2 Å². The molecule has 0 spiro atoms. The molecule has 21 rings (SSSR count). The van der Waals surface area contributed by atoms with Crippen molar-refractivity contribution in [3.8, 4) is 95.7 Å². The molecule has 5 aliphatic heterocycles. The first-order valence-electron chi connectivity index (χ1n) is 61.9. The summed E-state index contributed by atoms with van der Waals surface area (Å²) in [6, 6.07) is 79.0. The molecule has 139 heavy (non-hydrogen) atoms. The average molecular weight is 1870 g/mol. The van der Waals surface area contributed by atoms with E-state index in [0.29, 0.717) is 17.1 Å². The second-order valence-electron chi connectivity index (χ2n) is 43.3. The quantitative estimate of drug-likeness (QED) is 0.149. The number of hydrogen-bond acceptors (Lipinski definition) is 0. The third-order valence-corrected chi connectivity index (χ3v) is 32.4. The van der Waals surface area contributed by atoms with Crippen LogP contribution >= 0.6 is 0 Å². The summed E-state index contributed by atoms with van der Waals surface area (Å²) >= 11 is 0. The maximum Gasteiger partial charge on any atom is 0.246 e. The first kappa shape index (κ1) is 69.3. The van der Waals surface area contributed by atoms with Crippen molar-refractivity contribution in [2.75, 3.05) is 0 Å². The Hall–Kier alpha value is -12.5. The summed E-state index contributed by atoms with van der Waals surface area (Å²) in [6.07, 6.45) is 1.56. The Balaban J connectivity index is 0.000000139. The zero-order valence-electron chi connectivity index (χ0n) is 114. The summed E-state index contributed by atoms with van der Waals surface area (Å²) in [5, 5.41) is 0. The Labute approximate surface area is 870 Å². The molecule has 11 aromatic carbocycles. The molecule has 0 fully saturated rings. The van der Waals surface area contributed by atoms with E-state index in [2.05, 4.69) is 192 Å². The minimum atomic E-state index is -3.12.